The molecule has 0 aliphatic carbocycles. The van der Waals surface area contributed by atoms with Crippen LogP contribution >= 0.6 is 23.1 Å². The summed E-state index contributed by atoms with van der Waals surface area (Å²) < 4.78 is 0. The molecular weight excluding hydrogens is 278 g/mol. The normalized spacial score (nSPS) is 25.2. The minimum Gasteiger partial charge on any atom is -0.337 e. The number of thioether (sulfide) groups is 1. The van der Waals surface area contributed by atoms with E-state index in [0.717, 1.165) is 13.1 Å². The van der Waals surface area contributed by atoms with Crippen molar-refractivity contribution < 1.29 is 15.0 Å². The number of nitrogens with zero attached hydrogens (tertiary/aromatic N) is 1. The van der Waals surface area contributed by atoms with Crippen molar-refractivity contribution in [3.63, 3.8) is 0 Å². The van der Waals surface area contributed by atoms with E-state index in [-0.39, 0.29) is 5.37 Å². The molecule has 3 N–H and O–H groups in total. The van der Waals surface area contributed by atoms with Crippen LogP contribution in [0.3, 0.4) is 0 Å². The molecule has 1 aromatic rings. The van der Waals surface area contributed by atoms with Gasteiger partial charge < -0.3 is 15.1 Å². The maximum atomic E-state index is 12.0. The summed E-state index contributed by atoms with van der Waals surface area (Å²) in [6.45, 7) is 6.93. The van der Waals surface area contributed by atoms with Crippen molar-refractivity contribution in [2.45, 2.75) is 5.37 Å². The molecule has 0 aromatic carbocycles. The number of rotatable bonds is 4. The number of nitrogens with one attached hydrogen (secondary N) is 1. The van der Waals surface area contributed by atoms with Gasteiger partial charge in [-0.05, 0) is 11.4 Å². The molecule has 4 nitrogen and oxygen atoms in total. The zero-order valence-electron chi connectivity index (χ0n) is 11.0. The third kappa shape index (κ3) is 3.13. The third-order valence-corrected chi connectivity index (χ3v) is 6.18. The van der Waals surface area contributed by atoms with Crippen molar-refractivity contribution in [2.24, 2.45) is 0 Å². The van der Waals surface area contributed by atoms with Crippen LogP contribution in [0, 0.1) is 0 Å². The highest BCUT2D eigenvalue weighted by Gasteiger charge is 2.34. The van der Waals surface area contributed by atoms with E-state index in [9.17, 15) is 4.79 Å². The third-order valence-electron chi connectivity index (χ3n) is 3.86. The van der Waals surface area contributed by atoms with Crippen LogP contribution < -0.4 is 10.2 Å². The van der Waals surface area contributed by atoms with Gasteiger partial charge in [-0.25, -0.2) is 0 Å². The monoisotopic (exact) mass is 299 g/mol. The molecule has 3 rings (SSSR count). The summed E-state index contributed by atoms with van der Waals surface area (Å²) in [5.41, 5.74) is 0. The maximum absolute atomic E-state index is 12.0. The van der Waals surface area contributed by atoms with E-state index in [2.05, 4.69) is 27.7 Å². The van der Waals surface area contributed by atoms with Crippen LogP contribution in [-0.4, -0.2) is 55.8 Å². The predicted octanol–water partition coefficient (Wildman–Crippen LogP) is -1.22. The fraction of sp³-hybridized carbons (Fsp3) is 0.615. The second-order valence-corrected chi connectivity index (χ2v) is 7.18. The van der Waals surface area contributed by atoms with Gasteiger partial charge in [0, 0.05) is 4.88 Å². The number of carbonyl (C=O) groups excluding carboxylic acids is 1. The summed E-state index contributed by atoms with van der Waals surface area (Å²) >= 11 is 3.54. The molecule has 0 radical (unpaired) electrons. The Morgan fingerprint density at radius 1 is 1.42 bits per heavy atom. The molecule has 19 heavy (non-hydrogen) atoms. The number of nitrogens with two attached hydrogens (primary N) is 1. The van der Waals surface area contributed by atoms with E-state index in [4.69, 9.17) is 0 Å². The smallest absolute Gasteiger partial charge is 0.234 e. The molecule has 1 atom stereocenters. The van der Waals surface area contributed by atoms with Gasteiger partial charge in [0.1, 0.15) is 31.6 Å². The van der Waals surface area contributed by atoms with E-state index in [1.165, 1.54) is 31.1 Å². The molecule has 104 valence electrons. The minimum absolute atomic E-state index is 0.267. The maximum Gasteiger partial charge on any atom is 0.234 e. The predicted molar refractivity (Wildman–Crippen MR) is 78.5 cm³/mol. The number of hydrogen-bond donors (Lipinski definition) is 2. The van der Waals surface area contributed by atoms with E-state index in [0.29, 0.717) is 11.7 Å². The van der Waals surface area contributed by atoms with Gasteiger partial charge >= 0.3 is 0 Å². The highest BCUT2D eigenvalue weighted by atomic mass is 32.2. The summed E-state index contributed by atoms with van der Waals surface area (Å²) in [6.07, 6.45) is 0. The molecule has 2 fully saturated rings. The summed E-state index contributed by atoms with van der Waals surface area (Å²) in [7, 11) is 0. The fourth-order valence-electron chi connectivity index (χ4n) is 2.77. The summed E-state index contributed by atoms with van der Waals surface area (Å²) in [4.78, 5) is 17.1. The zero-order valence-corrected chi connectivity index (χ0v) is 12.6. The molecule has 6 heteroatoms. The lowest BCUT2D eigenvalue weighted by Crippen LogP contribution is -3.20. The molecule has 2 aliphatic rings. The first-order chi connectivity index (χ1) is 9.34. The average molecular weight is 299 g/mol. The van der Waals surface area contributed by atoms with Crippen LogP contribution in [0.15, 0.2) is 17.5 Å². The van der Waals surface area contributed by atoms with Crippen LogP contribution in [-0.2, 0) is 4.79 Å². The van der Waals surface area contributed by atoms with Crippen LogP contribution in [0.2, 0.25) is 0 Å². The largest absolute Gasteiger partial charge is 0.337 e. The van der Waals surface area contributed by atoms with Crippen molar-refractivity contribution in [3.05, 3.63) is 22.4 Å². The number of thiophene rings is 1. The molecule has 0 saturated carbocycles. The highest BCUT2D eigenvalue weighted by Crippen LogP contribution is 2.40. The van der Waals surface area contributed by atoms with Crippen molar-refractivity contribution in [3.8, 4) is 0 Å². The standard InChI is InChI=1S/C13H19N3OS2/c17-12-10-19-13(11-2-1-9-18-11)16(12)8-7-15-5-3-14-4-6-15/h1-2,9,13-14H,3-8,10H2/p+2/t13-/m0/s1. The van der Waals surface area contributed by atoms with Gasteiger partial charge in [-0.1, -0.05) is 6.07 Å². The van der Waals surface area contributed by atoms with Crippen molar-refractivity contribution >= 4 is 29.0 Å². The topological polar surface area (TPSA) is 41.4 Å². The lowest BCUT2D eigenvalue weighted by atomic mass is 10.3. The Morgan fingerprint density at radius 2 is 2.26 bits per heavy atom. The van der Waals surface area contributed by atoms with Gasteiger partial charge in [-0.2, -0.15) is 0 Å². The van der Waals surface area contributed by atoms with Gasteiger partial charge in [0.15, 0.2) is 0 Å². The second-order valence-electron chi connectivity index (χ2n) is 5.13. The molecule has 3 heterocycles. The number of carbonyl (C=O) groups is 1. The quantitative estimate of drug-likeness (QED) is 0.732. The van der Waals surface area contributed by atoms with Crippen LogP contribution in [0.5, 0.6) is 0 Å². The van der Waals surface area contributed by atoms with E-state index >= 15 is 0 Å². The van der Waals surface area contributed by atoms with Crippen molar-refractivity contribution in [1.82, 2.24) is 4.90 Å². The highest BCUT2D eigenvalue weighted by molar-refractivity contribution is 8.00. The molecule has 0 bridgehead atoms. The van der Waals surface area contributed by atoms with Gasteiger partial charge in [0.2, 0.25) is 5.91 Å². The summed E-state index contributed by atoms with van der Waals surface area (Å²) in [6, 6.07) is 4.23. The van der Waals surface area contributed by atoms with Gasteiger partial charge in [0.25, 0.3) is 0 Å². The Hall–Kier alpha value is -0.560. The average Bonchev–Trinajstić information content (AvgIpc) is 3.07. The van der Waals surface area contributed by atoms with Crippen molar-refractivity contribution in [1.29, 1.82) is 0 Å². The first kappa shape index (κ1) is 13.4. The first-order valence-corrected chi connectivity index (χ1v) is 8.87. The van der Waals surface area contributed by atoms with Gasteiger partial charge in [-0.3, -0.25) is 4.79 Å². The minimum atomic E-state index is 0.267. The summed E-state index contributed by atoms with van der Waals surface area (Å²) in [5, 5.41) is 4.75. The molecule has 2 aliphatic heterocycles. The Balaban J connectivity index is 1.59. The second kappa shape index (κ2) is 6.26. The Labute approximate surface area is 122 Å². The SMILES string of the molecule is O=C1CS[C@@H](c2cccs2)N1CC[NH+]1CC[NH2+]CC1. The molecule has 2 saturated heterocycles. The molecule has 1 aromatic heterocycles. The number of quaternary nitrogens is 2. The van der Waals surface area contributed by atoms with Gasteiger partial charge in [-0.15, -0.1) is 23.1 Å². The summed E-state index contributed by atoms with van der Waals surface area (Å²) in [5.74, 6) is 0.956. The molecular formula is C13H21N3OS2+2. The Kier molecular flexibility index (Phi) is 4.42. The Bertz CT molecular complexity index is 418. The number of piperazine rings is 1. The van der Waals surface area contributed by atoms with Crippen molar-refractivity contribution in [2.75, 3.05) is 45.0 Å². The number of hydrogen-bond acceptors (Lipinski definition) is 3. The van der Waals surface area contributed by atoms with Gasteiger partial charge in [0.05, 0.1) is 18.8 Å². The molecule has 1 amide bonds. The van der Waals surface area contributed by atoms with Crippen LogP contribution in [0.1, 0.15) is 10.3 Å². The van der Waals surface area contributed by atoms with E-state index in [1.807, 2.05) is 0 Å². The lowest BCUT2D eigenvalue weighted by molar-refractivity contribution is -0.946. The van der Waals surface area contributed by atoms with E-state index in [1.54, 1.807) is 28.0 Å². The Morgan fingerprint density at radius 3 is 3.00 bits per heavy atom. The first-order valence-electron chi connectivity index (χ1n) is 6.94. The van der Waals surface area contributed by atoms with Crippen LogP contribution in [0.4, 0.5) is 0 Å². The lowest BCUT2D eigenvalue weighted by Gasteiger charge is -2.27. The molecule has 0 unspecified atom stereocenters. The fourth-order valence-corrected chi connectivity index (χ4v) is 4.97. The van der Waals surface area contributed by atoms with E-state index < -0.39 is 0 Å². The molecule has 0 spiro atoms. The number of amides is 1. The van der Waals surface area contributed by atoms with Crippen LogP contribution in [0.25, 0.3) is 0 Å². The zero-order chi connectivity index (χ0) is 13.1.